The summed E-state index contributed by atoms with van der Waals surface area (Å²) in [7, 11) is -3.25. The molecule has 1 N–H and O–H groups in total. The van der Waals surface area contributed by atoms with Crippen molar-refractivity contribution >= 4 is 27.1 Å². The summed E-state index contributed by atoms with van der Waals surface area (Å²) in [5, 5.41) is 10.0. The molecule has 1 aromatic rings. The third kappa shape index (κ3) is 2.82. The van der Waals surface area contributed by atoms with E-state index in [-0.39, 0.29) is 10.6 Å². The van der Waals surface area contributed by atoms with Crippen LogP contribution in [0.3, 0.4) is 0 Å². The molecule has 0 aromatic carbocycles. The zero-order valence-electron chi connectivity index (χ0n) is 9.13. The Morgan fingerprint density at radius 3 is 2.69 bits per heavy atom. The highest BCUT2D eigenvalue weighted by Crippen LogP contribution is 2.21. The molecule has 0 fully saturated rings. The van der Waals surface area contributed by atoms with E-state index in [0.717, 1.165) is 11.3 Å². The second-order valence-electron chi connectivity index (χ2n) is 3.61. The summed E-state index contributed by atoms with van der Waals surface area (Å²) in [5.41, 5.74) is 0.387. The van der Waals surface area contributed by atoms with Crippen molar-refractivity contribution < 1.29 is 18.3 Å². The lowest BCUT2D eigenvalue weighted by Crippen LogP contribution is -2.19. The Hall–Kier alpha value is -0.880. The molecule has 1 unspecified atom stereocenters. The predicted molar refractivity (Wildman–Crippen MR) is 63.7 cm³/mol. The van der Waals surface area contributed by atoms with Crippen molar-refractivity contribution in [2.24, 2.45) is 0 Å². The molecule has 1 atom stereocenters. The second kappa shape index (κ2) is 4.97. The summed E-state index contributed by atoms with van der Waals surface area (Å²) in [6.45, 7) is 3.44. The molecule has 0 spiro atoms. The molecule has 0 aliphatic rings. The van der Waals surface area contributed by atoms with Crippen LogP contribution in [0.2, 0.25) is 0 Å². The van der Waals surface area contributed by atoms with Gasteiger partial charge < -0.3 is 5.11 Å². The molecular formula is C10H14O4S2. The van der Waals surface area contributed by atoms with Crippen LogP contribution in [0.5, 0.6) is 0 Å². The van der Waals surface area contributed by atoms with Crippen LogP contribution in [0.15, 0.2) is 11.4 Å². The highest BCUT2D eigenvalue weighted by atomic mass is 32.2. The number of thiophene rings is 1. The van der Waals surface area contributed by atoms with E-state index >= 15 is 0 Å². The molecule has 90 valence electrons. The zero-order valence-corrected chi connectivity index (χ0v) is 10.8. The Morgan fingerprint density at radius 2 is 2.19 bits per heavy atom. The molecule has 4 nitrogen and oxygen atoms in total. The predicted octanol–water partition coefficient (Wildman–Crippen LogP) is 2.16. The molecule has 1 rings (SSSR count). The first-order chi connectivity index (χ1) is 7.38. The van der Waals surface area contributed by atoms with Gasteiger partial charge in [-0.3, -0.25) is 0 Å². The van der Waals surface area contributed by atoms with Gasteiger partial charge in [0.25, 0.3) is 0 Å². The molecule has 0 saturated heterocycles. The number of carboxylic acids is 1. The highest BCUT2D eigenvalue weighted by Gasteiger charge is 2.23. The molecule has 1 aromatic heterocycles. The van der Waals surface area contributed by atoms with Crippen molar-refractivity contribution in [2.45, 2.75) is 31.3 Å². The third-order valence-corrected chi connectivity index (χ3v) is 5.70. The van der Waals surface area contributed by atoms with Gasteiger partial charge in [-0.1, -0.05) is 6.92 Å². The lowest BCUT2D eigenvalue weighted by atomic mass is 10.3. The van der Waals surface area contributed by atoms with Gasteiger partial charge in [-0.25, -0.2) is 13.2 Å². The molecule has 0 saturated carbocycles. The van der Waals surface area contributed by atoms with E-state index in [1.165, 1.54) is 0 Å². The molecule has 1 heterocycles. The summed E-state index contributed by atoms with van der Waals surface area (Å²) >= 11 is 1.05. The van der Waals surface area contributed by atoms with Crippen LogP contribution >= 0.6 is 11.3 Å². The highest BCUT2D eigenvalue weighted by molar-refractivity contribution is 7.91. The van der Waals surface area contributed by atoms with Crippen molar-refractivity contribution in [3.05, 3.63) is 21.9 Å². The molecule has 0 radical (unpaired) electrons. The fourth-order valence-corrected chi connectivity index (χ4v) is 3.57. The van der Waals surface area contributed by atoms with Gasteiger partial charge in [-0.2, -0.15) is 0 Å². The first-order valence-corrected chi connectivity index (χ1v) is 7.49. The van der Waals surface area contributed by atoms with E-state index in [1.54, 1.807) is 25.3 Å². The van der Waals surface area contributed by atoms with Crippen LogP contribution in [0.4, 0.5) is 0 Å². The molecule has 16 heavy (non-hydrogen) atoms. The molecule has 0 aliphatic heterocycles. The Kier molecular flexibility index (Phi) is 4.09. The molecule has 0 bridgehead atoms. The van der Waals surface area contributed by atoms with Gasteiger partial charge in [-0.05, 0) is 30.4 Å². The van der Waals surface area contributed by atoms with Crippen molar-refractivity contribution in [1.82, 2.24) is 0 Å². The van der Waals surface area contributed by atoms with Crippen molar-refractivity contribution in [2.75, 3.05) is 0 Å². The Balaban J connectivity index is 2.97. The summed E-state index contributed by atoms with van der Waals surface area (Å²) in [6.07, 6.45) is 0.537. The van der Waals surface area contributed by atoms with Gasteiger partial charge in [0, 0.05) is 0 Å². The lowest BCUT2D eigenvalue weighted by Gasteiger charge is -2.09. The SMILES string of the molecule is CCC(C)S(=O)(=O)Cc1ccsc1C(=O)O. The van der Waals surface area contributed by atoms with Crippen LogP contribution in [-0.4, -0.2) is 24.7 Å². The van der Waals surface area contributed by atoms with Gasteiger partial charge in [0.05, 0.1) is 11.0 Å². The molecule has 6 heteroatoms. The number of carbonyl (C=O) groups is 1. The van der Waals surface area contributed by atoms with E-state index in [9.17, 15) is 13.2 Å². The van der Waals surface area contributed by atoms with Crippen LogP contribution < -0.4 is 0 Å². The van der Waals surface area contributed by atoms with E-state index < -0.39 is 21.1 Å². The maximum absolute atomic E-state index is 11.8. The smallest absolute Gasteiger partial charge is 0.346 e. The van der Waals surface area contributed by atoms with Crippen LogP contribution in [0, 0.1) is 0 Å². The van der Waals surface area contributed by atoms with Gasteiger partial charge in [0.1, 0.15) is 4.88 Å². The van der Waals surface area contributed by atoms with E-state index in [0.29, 0.717) is 12.0 Å². The van der Waals surface area contributed by atoms with Crippen LogP contribution in [0.1, 0.15) is 35.5 Å². The Labute approximate surface area is 98.8 Å². The van der Waals surface area contributed by atoms with Gasteiger partial charge in [0.15, 0.2) is 9.84 Å². The number of sulfone groups is 1. The van der Waals surface area contributed by atoms with Crippen molar-refractivity contribution in [3.63, 3.8) is 0 Å². The third-order valence-electron chi connectivity index (χ3n) is 2.49. The van der Waals surface area contributed by atoms with Gasteiger partial charge >= 0.3 is 5.97 Å². The fraction of sp³-hybridized carbons (Fsp3) is 0.500. The maximum atomic E-state index is 11.8. The molecular weight excluding hydrogens is 248 g/mol. The average Bonchev–Trinajstić information content (AvgIpc) is 2.63. The summed E-state index contributed by atoms with van der Waals surface area (Å²) < 4.78 is 23.6. The normalized spacial score (nSPS) is 13.6. The molecule has 0 aliphatic carbocycles. The minimum Gasteiger partial charge on any atom is -0.477 e. The van der Waals surface area contributed by atoms with Crippen molar-refractivity contribution in [3.8, 4) is 0 Å². The van der Waals surface area contributed by atoms with Gasteiger partial charge in [0.2, 0.25) is 0 Å². The monoisotopic (exact) mass is 262 g/mol. The average molecular weight is 262 g/mol. The number of rotatable bonds is 5. The number of hydrogen-bond acceptors (Lipinski definition) is 4. The topological polar surface area (TPSA) is 71.4 Å². The minimum atomic E-state index is -3.25. The number of carboxylic acid groups (broad SMARTS) is 1. The Morgan fingerprint density at radius 1 is 1.56 bits per heavy atom. The van der Waals surface area contributed by atoms with Gasteiger partial charge in [-0.15, -0.1) is 11.3 Å². The quantitative estimate of drug-likeness (QED) is 0.882. The summed E-state index contributed by atoms with van der Waals surface area (Å²) in [6, 6.07) is 1.56. The minimum absolute atomic E-state index is 0.117. The van der Waals surface area contributed by atoms with Crippen LogP contribution in [0.25, 0.3) is 0 Å². The lowest BCUT2D eigenvalue weighted by molar-refractivity contribution is 0.0701. The Bertz CT molecular complexity index is 473. The summed E-state index contributed by atoms with van der Waals surface area (Å²) in [4.78, 5) is 10.9. The van der Waals surface area contributed by atoms with Crippen LogP contribution in [-0.2, 0) is 15.6 Å². The second-order valence-corrected chi connectivity index (χ2v) is 6.94. The van der Waals surface area contributed by atoms with E-state index in [4.69, 9.17) is 5.11 Å². The van der Waals surface area contributed by atoms with E-state index in [1.807, 2.05) is 0 Å². The van der Waals surface area contributed by atoms with Crippen molar-refractivity contribution in [1.29, 1.82) is 0 Å². The zero-order chi connectivity index (χ0) is 12.3. The first-order valence-electron chi connectivity index (χ1n) is 4.89. The maximum Gasteiger partial charge on any atom is 0.346 e. The standard InChI is InChI=1S/C10H14O4S2/c1-3-7(2)16(13,14)6-8-4-5-15-9(8)10(11)12/h4-5,7H,3,6H2,1-2H3,(H,11,12). The van der Waals surface area contributed by atoms with E-state index in [2.05, 4.69) is 0 Å². The first kappa shape index (κ1) is 13.2. The molecule has 0 amide bonds. The number of hydrogen-bond donors (Lipinski definition) is 1. The largest absolute Gasteiger partial charge is 0.477 e. The number of aromatic carboxylic acids is 1. The fourth-order valence-electron chi connectivity index (χ4n) is 1.25. The summed E-state index contributed by atoms with van der Waals surface area (Å²) in [5.74, 6) is -1.25.